The molecule has 1 aliphatic rings. The molecule has 0 radical (unpaired) electrons. The molecule has 0 saturated carbocycles. The first-order valence-electron chi connectivity index (χ1n) is 10.7. The molecule has 33 heavy (non-hydrogen) atoms. The number of pyridine rings is 1. The first-order chi connectivity index (χ1) is 15.6. The number of halogens is 2. The summed E-state index contributed by atoms with van der Waals surface area (Å²) in [5, 5.41) is 8.04. The van der Waals surface area contributed by atoms with Crippen molar-refractivity contribution < 1.29 is 9.13 Å². The number of H-pyrrole nitrogens is 1. The fourth-order valence-corrected chi connectivity index (χ4v) is 4.29. The largest absolute Gasteiger partial charge is 0.497 e. The molecule has 0 fully saturated rings. The lowest BCUT2D eigenvalue weighted by Gasteiger charge is -2.21. The molecule has 0 spiro atoms. The van der Waals surface area contributed by atoms with Gasteiger partial charge in [0.2, 0.25) is 0 Å². The summed E-state index contributed by atoms with van der Waals surface area (Å²) in [6.45, 7) is 4.36. The predicted molar refractivity (Wildman–Crippen MR) is 130 cm³/mol. The van der Waals surface area contributed by atoms with E-state index in [1.54, 1.807) is 13.3 Å². The Hall–Kier alpha value is -3.23. The molecule has 172 valence electrons. The number of hydrogen-bond acceptors (Lipinski definition) is 6. The van der Waals surface area contributed by atoms with Crippen molar-refractivity contribution in [1.29, 1.82) is 0 Å². The number of hydrogen-bond donors (Lipinski definition) is 3. The van der Waals surface area contributed by atoms with E-state index >= 15 is 0 Å². The van der Waals surface area contributed by atoms with Gasteiger partial charge in [-0.05, 0) is 56.1 Å². The fraction of sp³-hybridized carbons (Fsp3) is 0.292. The quantitative estimate of drug-likeness (QED) is 0.393. The van der Waals surface area contributed by atoms with E-state index in [0.29, 0.717) is 24.5 Å². The van der Waals surface area contributed by atoms with Gasteiger partial charge in [0.15, 0.2) is 5.82 Å². The lowest BCUT2D eigenvalue weighted by molar-refractivity contribution is 0.415. The van der Waals surface area contributed by atoms with E-state index in [4.69, 9.17) is 9.72 Å². The number of anilines is 1. The summed E-state index contributed by atoms with van der Waals surface area (Å²) in [5.41, 5.74) is 6.14. The maximum Gasteiger partial charge on any atom is 0.163 e. The summed E-state index contributed by atoms with van der Waals surface area (Å²) in [7, 11) is 1.68. The third-order valence-corrected chi connectivity index (χ3v) is 5.89. The van der Waals surface area contributed by atoms with Crippen LogP contribution in [0.25, 0.3) is 22.3 Å². The number of benzene rings is 1. The number of methoxy groups -OCH3 is 1. The zero-order valence-corrected chi connectivity index (χ0v) is 19.4. The smallest absolute Gasteiger partial charge is 0.163 e. The van der Waals surface area contributed by atoms with Gasteiger partial charge in [0.1, 0.15) is 17.4 Å². The van der Waals surface area contributed by atoms with Gasteiger partial charge in [-0.25, -0.2) is 14.4 Å². The molecule has 0 unspecified atom stereocenters. The molecule has 4 aromatic rings. The number of ether oxygens (including phenoxy) is 1. The Morgan fingerprint density at radius 2 is 2.06 bits per heavy atom. The number of aromatic amines is 1. The average molecular weight is 469 g/mol. The Morgan fingerprint density at radius 3 is 2.88 bits per heavy atom. The van der Waals surface area contributed by atoms with Crippen molar-refractivity contribution in [3.63, 3.8) is 0 Å². The van der Waals surface area contributed by atoms with Crippen molar-refractivity contribution in [3.05, 3.63) is 65.0 Å². The molecule has 0 bridgehead atoms. The van der Waals surface area contributed by atoms with Gasteiger partial charge in [0, 0.05) is 47.0 Å². The maximum atomic E-state index is 13.7. The first kappa shape index (κ1) is 22.9. The highest BCUT2D eigenvalue weighted by Crippen LogP contribution is 2.28. The van der Waals surface area contributed by atoms with Crippen LogP contribution in [0.1, 0.15) is 22.5 Å². The SMILES string of the molecule is COc1ccc2[nH]c(C)c(CCNc3nc(-c4cncc(F)c4)nc4c3CCNC4)c2c1.Cl. The van der Waals surface area contributed by atoms with Gasteiger partial charge in [-0.1, -0.05) is 0 Å². The second kappa shape index (κ2) is 9.72. The van der Waals surface area contributed by atoms with Crippen molar-refractivity contribution in [2.45, 2.75) is 26.3 Å². The lowest BCUT2D eigenvalue weighted by Crippen LogP contribution is -2.27. The van der Waals surface area contributed by atoms with E-state index in [1.165, 1.54) is 23.2 Å². The summed E-state index contributed by atoms with van der Waals surface area (Å²) in [6.07, 6.45) is 4.45. The highest BCUT2D eigenvalue weighted by atomic mass is 35.5. The van der Waals surface area contributed by atoms with Gasteiger partial charge in [-0.15, -0.1) is 12.4 Å². The topological polar surface area (TPSA) is 87.8 Å². The molecule has 1 aromatic carbocycles. The van der Waals surface area contributed by atoms with Crippen LogP contribution >= 0.6 is 12.4 Å². The van der Waals surface area contributed by atoms with Crippen molar-refractivity contribution in [3.8, 4) is 17.1 Å². The van der Waals surface area contributed by atoms with Gasteiger partial charge in [-0.3, -0.25) is 4.98 Å². The molecule has 9 heteroatoms. The minimum absolute atomic E-state index is 0. The van der Waals surface area contributed by atoms with E-state index in [2.05, 4.69) is 38.6 Å². The normalized spacial score (nSPS) is 12.8. The average Bonchev–Trinajstić information content (AvgIpc) is 3.13. The Labute approximate surface area is 197 Å². The number of rotatable bonds is 6. The molecule has 4 heterocycles. The van der Waals surface area contributed by atoms with Crippen molar-refractivity contribution >= 4 is 29.1 Å². The van der Waals surface area contributed by atoms with Crippen LogP contribution in [0.15, 0.2) is 36.7 Å². The molecular formula is C24H26ClFN6O. The van der Waals surface area contributed by atoms with E-state index in [9.17, 15) is 4.39 Å². The zero-order chi connectivity index (χ0) is 22.1. The van der Waals surface area contributed by atoms with Crippen LogP contribution in [-0.2, 0) is 19.4 Å². The van der Waals surface area contributed by atoms with E-state index < -0.39 is 5.82 Å². The molecule has 0 amide bonds. The Balaban J connectivity index is 0.00000259. The van der Waals surface area contributed by atoms with Crippen molar-refractivity contribution in [2.75, 3.05) is 25.5 Å². The van der Waals surface area contributed by atoms with Crippen molar-refractivity contribution in [2.24, 2.45) is 0 Å². The summed E-state index contributed by atoms with van der Waals surface area (Å²) in [4.78, 5) is 16.8. The van der Waals surface area contributed by atoms with Crippen LogP contribution in [0.5, 0.6) is 5.75 Å². The molecule has 3 aromatic heterocycles. The Bertz CT molecular complexity index is 1290. The van der Waals surface area contributed by atoms with Crippen LogP contribution in [0, 0.1) is 12.7 Å². The molecule has 0 saturated heterocycles. The highest BCUT2D eigenvalue weighted by molar-refractivity contribution is 5.86. The minimum atomic E-state index is -0.401. The monoisotopic (exact) mass is 468 g/mol. The summed E-state index contributed by atoms with van der Waals surface area (Å²) < 4.78 is 19.1. The Morgan fingerprint density at radius 1 is 1.18 bits per heavy atom. The summed E-state index contributed by atoms with van der Waals surface area (Å²) >= 11 is 0. The van der Waals surface area contributed by atoms with Gasteiger partial charge >= 0.3 is 0 Å². The standard InChI is InChI=1S/C24H25FN6O.ClH/c1-14-18(20-10-17(32-2)3-4-21(20)29-14)6-8-28-24-19-5-7-26-13-22(19)30-23(31-24)15-9-16(25)12-27-11-15;/h3-4,9-12,26,29H,5-8,13H2,1-2H3,(H,28,30,31);1H. The third-order valence-electron chi connectivity index (χ3n) is 5.89. The van der Waals surface area contributed by atoms with Crippen LogP contribution in [-0.4, -0.2) is 40.1 Å². The van der Waals surface area contributed by atoms with E-state index in [-0.39, 0.29) is 12.4 Å². The van der Waals surface area contributed by atoms with Crippen LogP contribution in [0.3, 0.4) is 0 Å². The van der Waals surface area contributed by atoms with E-state index in [0.717, 1.165) is 53.4 Å². The molecule has 0 atom stereocenters. The molecule has 3 N–H and O–H groups in total. The van der Waals surface area contributed by atoms with Gasteiger partial charge in [0.25, 0.3) is 0 Å². The fourth-order valence-electron chi connectivity index (χ4n) is 4.29. The number of aryl methyl sites for hydroxylation is 1. The van der Waals surface area contributed by atoms with Crippen LogP contribution in [0.4, 0.5) is 10.2 Å². The van der Waals surface area contributed by atoms with Gasteiger partial charge < -0.3 is 20.4 Å². The zero-order valence-electron chi connectivity index (χ0n) is 18.5. The molecule has 7 nitrogen and oxygen atoms in total. The molecule has 0 aliphatic carbocycles. The summed E-state index contributed by atoms with van der Waals surface area (Å²) in [5.74, 6) is 1.74. The second-order valence-corrected chi connectivity index (χ2v) is 7.96. The second-order valence-electron chi connectivity index (χ2n) is 7.96. The number of fused-ring (bicyclic) bond motifs is 2. The third kappa shape index (κ3) is 4.62. The van der Waals surface area contributed by atoms with Gasteiger partial charge in [-0.2, -0.15) is 0 Å². The highest BCUT2D eigenvalue weighted by Gasteiger charge is 2.19. The van der Waals surface area contributed by atoms with Crippen molar-refractivity contribution in [1.82, 2.24) is 25.3 Å². The lowest BCUT2D eigenvalue weighted by atomic mass is 10.1. The summed E-state index contributed by atoms with van der Waals surface area (Å²) in [6, 6.07) is 7.49. The Kier molecular flexibility index (Phi) is 6.76. The predicted octanol–water partition coefficient (Wildman–Crippen LogP) is 4.20. The van der Waals surface area contributed by atoms with Crippen LogP contribution in [0.2, 0.25) is 0 Å². The number of aromatic nitrogens is 4. The van der Waals surface area contributed by atoms with Gasteiger partial charge in [0.05, 0.1) is 19.0 Å². The molecule has 5 rings (SSSR count). The van der Waals surface area contributed by atoms with Crippen LogP contribution < -0.4 is 15.4 Å². The molecular weight excluding hydrogens is 443 g/mol. The number of nitrogens with one attached hydrogen (secondary N) is 3. The number of nitrogens with zero attached hydrogens (tertiary/aromatic N) is 3. The minimum Gasteiger partial charge on any atom is -0.497 e. The van der Waals surface area contributed by atoms with E-state index in [1.807, 2.05) is 12.1 Å². The first-order valence-corrected chi connectivity index (χ1v) is 10.7. The molecule has 1 aliphatic heterocycles. The maximum absolute atomic E-state index is 13.7.